The Morgan fingerprint density at radius 1 is 0.962 bits per heavy atom. The topological polar surface area (TPSA) is 66.0 Å². The number of fused-ring (bicyclic) bond motifs is 2. The Hall–Kier alpha value is -2.89. The van der Waals surface area contributed by atoms with Gasteiger partial charge >= 0.3 is 0 Å². The Balaban J connectivity index is 1.28. The minimum Gasteiger partial charge on any atom is -0.485 e. The molecule has 6 heteroatoms. The lowest BCUT2D eigenvalue weighted by Gasteiger charge is -2.25. The van der Waals surface area contributed by atoms with Gasteiger partial charge in [0.05, 0.1) is 0 Å². The quantitative estimate of drug-likeness (QED) is 0.895. The van der Waals surface area contributed by atoms with Crippen LogP contribution in [0.2, 0.25) is 0 Å². The average molecular weight is 353 g/mol. The largest absolute Gasteiger partial charge is 0.485 e. The third-order valence-corrected chi connectivity index (χ3v) is 4.97. The summed E-state index contributed by atoms with van der Waals surface area (Å²) in [5, 5.41) is 2.87. The molecule has 0 saturated heterocycles. The molecule has 1 atom stereocenters. The maximum absolute atomic E-state index is 12.5. The van der Waals surface area contributed by atoms with Gasteiger partial charge < -0.3 is 24.3 Å². The van der Waals surface area contributed by atoms with Crippen LogP contribution in [0.4, 0.5) is 5.69 Å². The lowest BCUT2D eigenvalue weighted by Crippen LogP contribution is -2.40. The Labute approximate surface area is 151 Å². The predicted molar refractivity (Wildman–Crippen MR) is 93.9 cm³/mol. The van der Waals surface area contributed by atoms with Crippen LogP contribution in [-0.2, 0) is 4.79 Å². The van der Waals surface area contributed by atoms with Crippen LogP contribution in [0.5, 0.6) is 23.0 Å². The molecule has 0 aromatic heterocycles. The van der Waals surface area contributed by atoms with Crippen molar-refractivity contribution in [1.29, 1.82) is 0 Å². The Kier molecular flexibility index (Phi) is 3.45. The number of hydrogen-bond acceptors (Lipinski definition) is 5. The van der Waals surface area contributed by atoms with E-state index in [-0.39, 0.29) is 12.5 Å². The number of hydrogen-bond donors (Lipinski definition) is 1. The molecule has 1 spiro atoms. The molecule has 2 aromatic rings. The maximum Gasteiger partial charge on any atom is 0.269 e. The standard InChI is InChI=1S/C20H19NO5/c22-19(18-12-23-14-5-1-2-6-15(14)24-18)21-13-7-8-16-17(11-13)26-20(25-16)9-3-4-10-20/h1-2,5-8,11,18H,3-4,9-10,12H2,(H,21,22)/t18-/m0/s1. The molecule has 1 amide bonds. The van der Waals surface area contributed by atoms with Crippen LogP contribution in [0.15, 0.2) is 42.5 Å². The van der Waals surface area contributed by atoms with Gasteiger partial charge in [-0.15, -0.1) is 0 Å². The van der Waals surface area contributed by atoms with Crippen LogP contribution in [-0.4, -0.2) is 24.4 Å². The molecule has 1 saturated carbocycles. The highest BCUT2D eigenvalue weighted by molar-refractivity contribution is 5.95. The molecule has 3 aliphatic rings. The van der Waals surface area contributed by atoms with E-state index in [1.54, 1.807) is 12.1 Å². The van der Waals surface area contributed by atoms with Crippen LogP contribution in [0.3, 0.4) is 0 Å². The van der Waals surface area contributed by atoms with Gasteiger partial charge in [-0.2, -0.15) is 0 Å². The first-order chi connectivity index (χ1) is 12.7. The zero-order valence-corrected chi connectivity index (χ0v) is 14.2. The number of carbonyl (C=O) groups is 1. The molecule has 1 N–H and O–H groups in total. The van der Waals surface area contributed by atoms with Gasteiger partial charge in [-0.05, 0) is 37.1 Å². The van der Waals surface area contributed by atoms with Crippen molar-refractivity contribution in [3.8, 4) is 23.0 Å². The second kappa shape index (κ2) is 5.83. The number of ether oxygens (including phenoxy) is 4. The molecule has 26 heavy (non-hydrogen) atoms. The molecule has 5 rings (SSSR count). The lowest BCUT2D eigenvalue weighted by molar-refractivity contribution is -0.125. The van der Waals surface area contributed by atoms with Gasteiger partial charge in [-0.25, -0.2) is 0 Å². The molecule has 0 bridgehead atoms. The monoisotopic (exact) mass is 353 g/mol. The van der Waals surface area contributed by atoms with Gasteiger partial charge in [0, 0.05) is 24.6 Å². The van der Waals surface area contributed by atoms with E-state index in [1.165, 1.54) is 0 Å². The fraction of sp³-hybridized carbons (Fsp3) is 0.350. The summed E-state index contributed by atoms with van der Waals surface area (Å²) in [4.78, 5) is 12.5. The summed E-state index contributed by atoms with van der Waals surface area (Å²) < 4.78 is 23.4. The number of anilines is 1. The van der Waals surface area contributed by atoms with E-state index >= 15 is 0 Å². The SMILES string of the molecule is O=C(Nc1ccc2c(c1)OC1(CCCC1)O2)[C@@H]1COc2ccccc2O1. The minimum atomic E-state index is -0.698. The van der Waals surface area contributed by atoms with Gasteiger partial charge in [0.2, 0.25) is 6.10 Å². The number of nitrogens with one attached hydrogen (secondary N) is 1. The highest BCUT2D eigenvalue weighted by atomic mass is 16.7. The third-order valence-electron chi connectivity index (χ3n) is 4.97. The first kappa shape index (κ1) is 15.4. The molecular formula is C20H19NO5. The van der Waals surface area contributed by atoms with E-state index in [4.69, 9.17) is 18.9 Å². The van der Waals surface area contributed by atoms with Crippen molar-refractivity contribution in [2.45, 2.75) is 37.6 Å². The van der Waals surface area contributed by atoms with Crippen molar-refractivity contribution in [3.05, 3.63) is 42.5 Å². The summed E-state index contributed by atoms with van der Waals surface area (Å²) in [5.41, 5.74) is 0.648. The average Bonchev–Trinajstić information content (AvgIpc) is 3.27. The van der Waals surface area contributed by atoms with Crippen LogP contribution >= 0.6 is 0 Å². The molecule has 6 nitrogen and oxygen atoms in total. The summed E-state index contributed by atoms with van der Waals surface area (Å²) in [5.74, 6) is 1.88. The summed E-state index contributed by atoms with van der Waals surface area (Å²) in [6.45, 7) is 0.177. The Bertz CT molecular complexity index is 859. The molecule has 1 fully saturated rings. The van der Waals surface area contributed by atoms with E-state index in [0.717, 1.165) is 31.4 Å². The molecule has 2 aromatic carbocycles. The van der Waals surface area contributed by atoms with Crippen molar-refractivity contribution in [1.82, 2.24) is 0 Å². The first-order valence-corrected chi connectivity index (χ1v) is 8.92. The molecule has 2 heterocycles. The van der Waals surface area contributed by atoms with E-state index in [9.17, 15) is 4.79 Å². The highest BCUT2D eigenvalue weighted by Crippen LogP contribution is 2.47. The van der Waals surface area contributed by atoms with Gasteiger partial charge in [-0.3, -0.25) is 4.79 Å². The normalized spacial score (nSPS) is 21.6. The summed E-state index contributed by atoms with van der Waals surface area (Å²) in [6.07, 6.45) is 3.32. The second-order valence-corrected chi connectivity index (χ2v) is 6.84. The number of benzene rings is 2. The number of carbonyl (C=O) groups excluding carboxylic acids is 1. The van der Waals surface area contributed by atoms with Crippen molar-refractivity contribution in [2.75, 3.05) is 11.9 Å². The van der Waals surface area contributed by atoms with Gasteiger partial charge in [-0.1, -0.05) is 12.1 Å². The van der Waals surface area contributed by atoms with Crippen molar-refractivity contribution < 1.29 is 23.7 Å². The number of rotatable bonds is 2. The number of amides is 1. The van der Waals surface area contributed by atoms with Crippen LogP contribution in [0, 0.1) is 0 Å². The zero-order chi connectivity index (χ0) is 17.6. The van der Waals surface area contributed by atoms with Gasteiger partial charge in [0.25, 0.3) is 11.7 Å². The summed E-state index contributed by atoms with van der Waals surface area (Å²) in [7, 11) is 0. The Morgan fingerprint density at radius 3 is 2.58 bits per heavy atom. The van der Waals surface area contributed by atoms with E-state index < -0.39 is 11.9 Å². The fourth-order valence-electron chi connectivity index (χ4n) is 3.66. The molecule has 0 unspecified atom stereocenters. The third kappa shape index (κ3) is 2.62. The van der Waals surface area contributed by atoms with E-state index in [1.807, 2.05) is 30.3 Å². The lowest BCUT2D eigenvalue weighted by atomic mass is 10.2. The minimum absolute atomic E-state index is 0.177. The van der Waals surface area contributed by atoms with E-state index in [2.05, 4.69) is 5.32 Å². The molecule has 1 aliphatic carbocycles. The molecular weight excluding hydrogens is 334 g/mol. The molecule has 2 aliphatic heterocycles. The van der Waals surface area contributed by atoms with Crippen molar-refractivity contribution in [2.24, 2.45) is 0 Å². The van der Waals surface area contributed by atoms with Gasteiger partial charge in [0.15, 0.2) is 23.0 Å². The van der Waals surface area contributed by atoms with Gasteiger partial charge in [0.1, 0.15) is 6.61 Å². The maximum atomic E-state index is 12.5. The summed E-state index contributed by atoms with van der Waals surface area (Å²) in [6, 6.07) is 12.8. The van der Waals surface area contributed by atoms with Crippen LogP contribution in [0.1, 0.15) is 25.7 Å². The zero-order valence-electron chi connectivity index (χ0n) is 14.2. The smallest absolute Gasteiger partial charge is 0.269 e. The van der Waals surface area contributed by atoms with Crippen molar-refractivity contribution in [3.63, 3.8) is 0 Å². The van der Waals surface area contributed by atoms with Crippen molar-refractivity contribution >= 4 is 11.6 Å². The second-order valence-electron chi connectivity index (χ2n) is 6.84. The fourth-order valence-corrected chi connectivity index (χ4v) is 3.66. The Morgan fingerprint density at radius 2 is 1.73 bits per heavy atom. The predicted octanol–water partition coefficient (Wildman–Crippen LogP) is 3.51. The molecule has 0 radical (unpaired) electrons. The van der Waals surface area contributed by atoms with E-state index in [0.29, 0.717) is 22.9 Å². The number of para-hydroxylation sites is 2. The van der Waals surface area contributed by atoms with Crippen LogP contribution in [0.25, 0.3) is 0 Å². The summed E-state index contributed by atoms with van der Waals surface area (Å²) >= 11 is 0. The first-order valence-electron chi connectivity index (χ1n) is 8.92. The highest BCUT2D eigenvalue weighted by Gasteiger charge is 2.44. The van der Waals surface area contributed by atoms with Crippen LogP contribution < -0.4 is 24.3 Å². The molecule has 134 valence electrons.